The summed E-state index contributed by atoms with van der Waals surface area (Å²) in [7, 11) is 0. The minimum Gasteiger partial charge on any atom is -0.491 e. The van der Waals surface area contributed by atoms with Gasteiger partial charge in [0.2, 0.25) is 0 Å². The van der Waals surface area contributed by atoms with Gasteiger partial charge >= 0.3 is 0 Å². The van der Waals surface area contributed by atoms with E-state index in [1.807, 2.05) is 25.1 Å². The van der Waals surface area contributed by atoms with Crippen LogP contribution in [0.4, 0.5) is 5.69 Å². The van der Waals surface area contributed by atoms with Gasteiger partial charge in [-0.15, -0.1) is 0 Å². The van der Waals surface area contributed by atoms with Crippen molar-refractivity contribution >= 4 is 5.69 Å². The van der Waals surface area contributed by atoms with Crippen LogP contribution in [0.1, 0.15) is 17.2 Å². The third-order valence-corrected chi connectivity index (χ3v) is 2.86. The molecule has 0 saturated carbocycles. The Hall–Kier alpha value is -2.40. The average molecular weight is 273 g/mol. The van der Waals surface area contributed by atoms with Crippen LogP contribution in [0.3, 0.4) is 0 Å². The van der Waals surface area contributed by atoms with Gasteiger partial charge in [0.05, 0.1) is 4.92 Å². The molecule has 104 valence electrons. The normalized spacial score (nSPS) is 11.9. The first-order chi connectivity index (χ1) is 9.56. The van der Waals surface area contributed by atoms with Gasteiger partial charge in [-0.3, -0.25) is 10.1 Å². The Labute approximate surface area is 116 Å². The second-order valence-electron chi connectivity index (χ2n) is 4.50. The fourth-order valence-electron chi connectivity index (χ4n) is 1.82. The van der Waals surface area contributed by atoms with Crippen molar-refractivity contribution in [3.05, 3.63) is 69.8 Å². The summed E-state index contributed by atoms with van der Waals surface area (Å²) in [6.07, 6.45) is -0.907. The van der Waals surface area contributed by atoms with Crippen LogP contribution in [-0.4, -0.2) is 16.6 Å². The van der Waals surface area contributed by atoms with Gasteiger partial charge in [0.15, 0.2) is 0 Å². The quantitative estimate of drug-likeness (QED) is 0.671. The van der Waals surface area contributed by atoms with E-state index in [4.69, 9.17) is 4.74 Å². The highest BCUT2D eigenvalue weighted by molar-refractivity contribution is 5.35. The fourth-order valence-corrected chi connectivity index (χ4v) is 1.82. The molecule has 0 bridgehead atoms. The van der Waals surface area contributed by atoms with Crippen molar-refractivity contribution in [2.24, 2.45) is 0 Å². The minimum atomic E-state index is -0.907. The first-order valence-electron chi connectivity index (χ1n) is 6.18. The molecular weight excluding hydrogens is 258 g/mol. The van der Waals surface area contributed by atoms with E-state index >= 15 is 0 Å². The van der Waals surface area contributed by atoms with Crippen LogP contribution in [0.5, 0.6) is 5.75 Å². The van der Waals surface area contributed by atoms with E-state index in [0.29, 0.717) is 11.3 Å². The van der Waals surface area contributed by atoms with E-state index in [1.165, 1.54) is 12.1 Å². The number of aliphatic hydroxyl groups is 1. The lowest BCUT2D eigenvalue weighted by Gasteiger charge is -2.13. The standard InChI is InChI=1S/C15H15NO4/c1-11-4-2-7-14(8-11)20-10-15(17)12-5-3-6-13(9-12)16(18)19/h2-9,15,17H,10H2,1H3. The topological polar surface area (TPSA) is 72.6 Å². The number of rotatable bonds is 5. The predicted octanol–water partition coefficient (Wildman–Crippen LogP) is 3.02. The molecule has 0 aromatic heterocycles. The molecule has 5 heteroatoms. The maximum Gasteiger partial charge on any atom is 0.269 e. The van der Waals surface area contributed by atoms with E-state index in [9.17, 15) is 15.2 Å². The molecule has 5 nitrogen and oxygen atoms in total. The number of benzene rings is 2. The van der Waals surface area contributed by atoms with Gasteiger partial charge in [-0.1, -0.05) is 24.3 Å². The van der Waals surface area contributed by atoms with E-state index in [2.05, 4.69) is 0 Å². The Morgan fingerprint density at radius 3 is 2.70 bits per heavy atom. The number of non-ortho nitro benzene ring substituents is 1. The molecule has 0 radical (unpaired) electrons. The van der Waals surface area contributed by atoms with Crippen molar-refractivity contribution in [2.45, 2.75) is 13.0 Å². The number of nitrogens with zero attached hydrogens (tertiary/aromatic N) is 1. The molecule has 0 spiro atoms. The molecule has 1 atom stereocenters. The molecule has 0 aliphatic rings. The number of hydrogen-bond acceptors (Lipinski definition) is 4. The summed E-state index contributed by atoms with van der Waals surface area (Å²) >= 11 is 0. The van der Waals surface area contributed by atoms with E-state index in [-0.39, 0.29) is 12.3 Å². The summed E-state index contributed by atoms with van der Waals surface area (Å²) in [6, 6.07) is 13.4. The number of nitro benzene ring substituents is 1. The summed E-state index contributed by atoms with van der Waals surface area (Å²) in [5, 5.41) is 20.7. The van der Waals surface area contributed by atoms with Crippen LogP contribution in [0.2, 0.25) is 0 Å². The molecule has 0 saturated heterocycles. The Kier molecular flexibility index (Phi) is 4.32. The Morgan fingerprint density at radius 1 is 1.25 bits per heavy atom. The number of hydrogen-bond donors (Lipinski definition) is 1. The van der Waals surface area contributed by atoms with Crippen LogP contribution in [0.25, 0.3) is 0 Å². The lowest BCUT2D eigenvalue weighted by molar-refractivity contribution is -0.385. The first kappa shape index (κ1) is 14.0. The van der Waals surface area contributed by atoms with Crippen LogP contribution >= 0.6 is 0 Å². The van der Waals surface area contributed by atoms with Crippen molar-refractivity contribution in [1.82, 2.24) is 0 Å². The molecule has 1 unspecified atom stereocenters. The number of aliphatic hydroxyl groups excluding tert-OH is 1. The predicted molar refractivity (Wildman–Crippen MR) is 74.7 cm³/mol. The molecule has 2 aromatic carbocycles. The summed E-state index contributed by atoms with van der Waals surface area (Å²) in [4.78, 5) is 10.2. The van der Waals surface area contributed by atoms with Crippen molar-refractivity contribution in [3.63, 3.8) is 0 Å². The van der Waals surface area contributed by atoms with Crippen LogP contribution < -0.4 is 4.74 Å². The van der Waals surface area contributed by atoms with Crippen molar-refractivity contribution in [1.29, 1.82) is 0 Å². The highest BCUT2D eigenvalue weighted by Crippen LogP contribution is 2.21. The minimum absolute atomic E-state index is 0.0443. The molecule has 2 rings (SSSR count). The lowest BCUT2D eigenvalue weighted by atomic mass is 10.1. The molecule has 0 aliphatic carbocycles. The highest BCUT2D eigenvalue weighted by atomic mass is 16.6. The van der Waals surface area contributed by atoms with Gasteiger partial charge in [-0.25, -0.2) is 0 Å². The molecule has 0 aliphatic heterocycles. The van der Waals surface area contributed by atoms with E-state index in [1.54, 1.807) is 18.2 Å². The van der Waals surface area contributed by atoms with E-state index in [0.717, 1.165) is 5.56 Å². The monoisotopic (exact) mass is 273 g/mol. The average Bonchev–Trinajstić information content (AvgIpc) is 2.45. The van der Waals surface area contributed by atoms with Crippen LogP contribution in [0, 0.1) is 17.0 Å². The van der Waals surface area contributed by atoms with Gasteiger partial charge in [0.25, 0.3) is 5.69 Å². The van der Waals surface area contributed by atoms with Gasteiger partial charge < -0.3 is 9.84 Å². The van der Waals surface area contributed by atoms with Gasteiger partial charge in [0, 0.05) is 12.1 Å². The Balaban J connectivity index is 2.03. The Morgan fingerprint density at radius 2 is 2.00 bits per heavy atom. The molecule has 1 N–H and O–H groups in total. The van der Waals surface area contributed by atoms with Crippen molar-refractivity contribution < 1.29 is 14.8 Å². The zero-order valence-corrected chi connectivity index (χ0v) is 11.0. The molecule has 0 fully saturated rings. The van der Waals surface area contributed by atoms with Crippen molar-refractivity contribution in [3.8, 4) is 5.75 Å². The third kappa shape index (κ3) is 3.55. The van der Waals surface area contributed by atoms with E-state index < -0.39 is 11.0 Å². The van der Waals surface area contributed by atoms with Gasteiger partial charge in [-0.05, 0) is 30.2 Å². The molecular formula is C15H15NO4. The maximum absolute atomic E-state index is 10.7. The second kappa shape index (κ2) is 6.16. The zero-order valence-electron chi connectivity index (χ0n) is 11.0. The molecule has 0 heterocycles. The summed E-state index contributed by atoms with van der Waals surface area (Å²) in [5.41, 5.74) is 1.48. The highest BCUT2D eigenvalue weighted by Gasteiger charge is 2.13. The summed E-state index contributed by atoms with van der Waals surface area (Å²) in [5.74, 6) is 0.662. The largest absolute Gasteiger partial charge is 0.491 e. The zero-order chi connectivity index (χ0) is 14.5. The third-order valence-electron chi connectivity index (χ3n) is 2.86. The van der Waals surface area contributed by atoms with Gasteiger partial charge in [0.1, 0.15) is 18.5 Å². The number of aryl methyl sites for hydroxylation is 1. The molecule has 20 heavy (non-hydrogen) atoms. The number of nitro groups is 1. The first-order valence-corrected chi connectivity index (χ1v) is 6.18. The Bertz CT molecular complexity index is 612. The van der Waals surface area contributed by atoms with Crippen LogP contribution in [0.15, 0.2) is 48.5 Å². The van der Waals surface area contributed by atoms with Crippen molar-refractivity contribution in [2.75, 3.05) is 6.61 Å². The van der Waals surface area contributed by atoms with Gasteiger partial charge in [-0.2, -0.15) is 0 Å². The fraction of sp³-hybridized carbons (Fsp3) is 0.200. The number of ether oxygens (including phenoxy) is 1. The maximum atomic E-state index is 10.7. The lowest BCUT2D eigenvalue weighted by Crippen LogP contribution is -2.10. The summed E-state index contributed by atoms with van der Waals surface area (Å²) in [6.45, 7) is 1.99. The second-order valence-corrected chi connectivity index (χ2v) is 4.50. The smallest absolute Gasteiger partial charge is 0.269 e. The molecule has 0 amide bonds. The SMILES string of the molecule is Cc1cccc(OCC(O)c2cccc([N+](=O)[O-])c2)c1. The summed E-state index contributed by atoms with van der Waals surface area (Å²) < 4.78 is 5.48. The molecule has 2 aromatic rings. The van der Waals surface area contributed by atoms with Crippen LogP contribution in [-0.2, 0) is 0 Å².